The van der Waals surface area contributed by atoms with Crippen LogP contribution in [0.5, 0.6) is 0 Å². The first kappa shape index (κ1) is 16.6. The molecule has 0 radical (unpaired) electrons. The van der Waals surface area contributed by atoms with Gasteiger partial charge in [0, 0.05) is 23.7 Å². The Bertz CT molecular complexity index is 947. The van der Waals surface area contributed by atoms with Crippen molar-refractivity contribution in [3.05, 3.63) is 59.1 Å². The predicted molar refractivity (Wildman–Crippen MR) is 97.9 cm³/mol. The molecule has 130 valence electrons. The van der Waals surface area contributed by atoms with Crippen molar-refractivity contribution in [3.63, 3.8) is 0 Å². The van der Waals surface area contributed by atoms with Crippen molar-refractivity contribution in [1.82, 2.24) is 15.1 Å². The van der Waals surface area contributed by atoms with Gasteiger partial charge in [0.2, 0.25) is 11.7 Å². The van der Waals surface area contributed by atoms with E-state index in [1.807, 2.05) is 36.4 Å². The molecule has 0 saturated carbocycles. The molecule has 1 atom stereocenters. The van der Waals surface area contributed by atoms with E-state index in [1.165, 1.54) is 0 Å². The van der Waals surface area contributed by atoms with Crippen molar-refractivity contribution in [3.8, 4) is 17.5 Å². The van der Waals surface area contributed by atoms with Gasteiger partial charge in [-0.15, -0.1) is 0 Å². The second kappa shape index (κ2) is 7.14. The molecule has 0 amide bonds. The number of nitriles is 1. The lowest BCUT2D eigenvalue weighted by Crippen LogP contribution is -2.35. The van der Waals surface area contributed by atoms with Crippen LogP contribution in [-0.2, 0) is 0 Å². The number of rotatable bonds is 3. The average molecular weight is 366 g/mol. The lowest BCUT2D eigenvalue weighted by Gasteiger charge is -2.31. The monoisotopic (exact) mass is 365 g/mol. The van der Waals surface area contributed by atoms with E-state index < -0.39 is 0 Å². The Morgan fingerprint density at radius 2 is 2.00 bits per heavy atom. The SMILES string of the molecule is N#Cc1cccc(N2CCCC(c3nc(-c4ccc(Cl)cc4)no3)C2)n1. The Balaban J connectivity index is 1.53. The van der Waals surface area contributed by atoms with Gasteiger partial charge in [0.15, 0.2) is 0 Å². The fourth-order valence-corrected chi connectivity index (χ4v) is 3.29. The maximum Gasteiger partial charge on any atom is 0.231 e. The highest BCUT2D eigenvalue weighted by Gasteiger charge is 2.27. The highest BCUT2D eigenvalue weighted by atomic mass is 35.5. The fraction of sp³-hybridized carbons (Fsp3) is 0.263. The molecule has 2 aromatic heterocycles. The number of hydrogen-bond donors (Lipinski definition) is 0. The van der Waals surface area contributed by atoms with Gasteiger partial charge in [0.1, 0.15) is 17.6 Å². The summed E-state index contributed by atoms with van der Waals surface area (Å²) in [6, 6.07) is 15.0. The van der Waals surface area contributed by atoms with Crippen LogP contribution in [-0.4, -0.2) is 28.2 Å². The third-order valence-electron chi connectivity index (χ3n) is 4.49. The van der Waals surface area contributed by atoms with Gasteiger partial charge < -0.3 is 9.42 Å². The summed E-state index contributed by atoms with van der Waals surface area (Å²) >= 11 is 5.93. The minimum Gasteiger partial charge on any atom is -0.356 e. The number of piperidine rings is 1. The van der Waals surface area contributed by atoms with Crippen LogP contribution in [0.3, 0.4) is 0 Å². The van der Waals surface area contributed by atoms with Crippen molar-refractivity contribution in [2.75, 3.05) is 18.0 Å². The fourth-order valence-electron chi connectivity index (χ4n) is 3.17. The molecular weight excluding hydrogens is 350 g/mol. The summed E-state index contributed by atoms with van der Waals surface area (Å²) in [6.45, 7) is 1.64. The van der Waals surface area contributed by atoms with Crippen molar-refractivity contribution < 1.29 is 4.52 Å². The minimum absolute atomic E-state index is 0.143. The number of halogens is 1. The zero-order valence-corrected chi connectivity index (χ0v) is 14.7. The molecule has 4 rings (SSSR count). The normalized spacial score (nSPS) is 17.1. The van der Waals surface area contributed by atoms with Gasteiger partial charge in [0.25, 0.3) is 0 Å². The van der Waals surface area contributed by atoms with Crippen molar-refractivity contribution in [1.29, 1.82) is 5.26 Å². The topological polar surface area (TPSA) is 78.8 Å². The molecule has 1 fully saturated rings. The van der Waals surface area contributed by atoms with Crippen LogP contribution in [0, 0.1) is 11.3 Å². The lowest BCUT2D eigenvalue weighted by molar-refractivity contribution is 0.333. The van der Waals surface area contributed by atoms with E-state index in [9.17, 15) is 0 Å². The van der Waals surface area contributed by atoms with Crippen LogP contribution in [0.4, 0.5) is 5.82 Å². The maximum absolute atomic E-state index is 9.05. The van der Waals surface area contributed by atoms with Gasteiger partial charge in [-0.2, -0.15) is 10.2 Å². The molecule has 1 saturated heterocycles. The van der Waals surface area contributed by atoms with Gasteiger partial charge >= 0.3 is 0 Å². The molecule has 1 unspecified atom stereocenters. The predicted octanol–water partition coefficient (Wildman–Crippen LogP) is 4.04. The van der Waals surface area contributed by atoms with E-state index in [1.54, 1.807) is 6.07 Å². The molecule has 3 heterocycles. The molecule has 0 spiro atoms. The summed E-state index contributed by atoms with van der Waals surface area (Å²) in [6.07, 6.45) is 1.98. The third-order valence-corrected chi connectivity index (χ3v) is 4.74. The number of nitrogens with zero attached hydrogens (tertiary/aromatic N) is 5. The van der Waals surface area contributed by atoms with Gasteiger partial charge in [-0.1, -0.05) is 22.8 Å². The van der Waals surface area contributed by atoms with Gasteiger partial charge in [0.05, 0.1) is 5.92 Å². The van der Waals surface area contributed by atoms with E-state index in [0.29, 0.717) is 22.4 Å². The molecule has 1 aliphatic rings. The first-order chi connectivity index (χ1) is 12.7. The van der Waals surface area contributed by atoms with E-state index in [2.05, 4.69) is 26.1 Å². The van der Waals surface area contributed by atoms with Gasteiger partial charge in [-0.3, -0.25) is 0 Å². The Morgan fingerprint density at radius 3 is 2.81 bits per heavy atom. The van der Waals surface area contributed by atoms with Crippen LogP contribution in [0.15, 0.2) is 47.0 Å². The molecular formula is C19H16ClN5O. The molecule has 0 bridgehead atoms. The summed E-state index contributed by atoms with van der Waals surface area (Å²) in [5.74, 6) is 2.16. The molecule has 6 nitrogen and oxygen atoms in total. The summed E-state index contributed by atoms with van der Waals surface area (Å²) in [4.78, 5) is 11.1. The molecule has 3 aromatic rings. The quantitative estimate of drug-likeness (QED) is 0.696. The largest absolute Gasteiger partial charge is 0.356 e. The Hall–Kier alpha value is -2.91. The lowest BCUT2D eigenvalue weighted by atomic mass is 9.98. The number of benzene rings is 1. The Morgan fingerprint density at radius 1 is 1.15 bits per heavy atom. The third kappa shape index (κ3) is 3.39. The summed E-state index contributed by atoms with van der Waals surface area (Å²) in [7, 11) is 0. The number of hydrogen-bond acceptors (Lipinski definition) is 6. The van der Waals surface area contributed by atoms with E-state index >= 15 is 0 Å². The smallest absolute Gasteiger partial charge is 0.231 e. The molecule has 1 aromatic carbocycles. The molecule has 26 heavy (non-hydrogen) atoms. The standard InChI is InChI=1S/C19H16ClN5O/c20-15-8-6-13(7-9-15)18-23-19(26-24-18)14-3-2-10-25(12-14)17-5-1-4-16(11-21)22-17/h1,4-9,14H,2-3,10,12H2. The molecule has 1 aliphatic heterocycles. The summed E-state index contributed by atoms with van der Waals surface area (Å²) < 4.78 is 5.52. The second-order valence-electron chi connectivity index (χ2n) is 6.24. The second-order valence-corrected chi connectivity index (χ2v) is 6.68. The number of aromatic nitrogens is 3. The van der Waals surface area contributed by atoms with Crippen molar-refractivity contribution >= 4 is 17.4 Å². The minimum atomic E-state index is 0.143. The van der Waals surface area contributed by atoms with Crippen molar-refractivity contribution in [2.45, 2.75) is 18.8 Å². The summed E-state index contributed by atoms with van der Waals surface area (Å²) in [5.41, 5.74) is 1.30. The van der Waals surface area contributed by atoms with Crippen LogP contribution in [0.25, 0.3) is 11.4 Å². The van der Waals surface area contributed by atoms with E-state index in [4.69, 9.17) is 21.4 Å². The van der Waals surface area contributed by atoms with E-state index in [-0.39, 0.29) is 5.92 Å². The maximum atomic E-state index is 9.05. The molecule has 0 N–H and O–H groups in total. The van der Waals surface area contributed by atoms with Gasteiger partial charge in [-0.05, 0) is 49.2 Å². The van der Waals surface area contributed by atoms with Gasteiger partial charge in [-0.25, -0.2) is 4.98 Å². The first-order valence-corrected chi connectivity index (χ1v) is 8.82. The molecule has 7 heteroatoms. The number of pyridine rings is 1. The number of anilines is 1. The first-order valence-electron chi connectivity index (χ1n) is 8.44. The van der Waals surface area contributed by atoms with Crippen LogP contribution < -0.4 is 4.90 Å². The van der Waals surface area contributed by atoms with Crippen molar-refractivity contribution in [2.24, 2.45) is 0 Å². The highest BCUT2D eigenvalue weighted by Crippen LogP contribution is 2.30. The van der Waals surface area contributed by atoms with Crippen LogP contribution in [0.2, 0.25) is 5.02 Å². The highest BCUT2D eigenvalue weighted by molar-refractivity contribution is 6.30. The molecule has 0 aliphatic carbocycles. The average Bonchev–Trinajstić information content (AvgIpc) is 3.19. The zero-order valence-electron chi connectivity index (χ0n) is 14.0. The Labute approximate surface area is 156 Å². The Kier molecular flexibility index (Phi) is 4.55. The van der Waals surface area contributed by atoms with Crippen LogP contribution >= 0.6 is 11.6 Å². The van der Waals surface area contributed by atoms with Crippen LogP contribution in [0.1, 0.15) is 30.3 Å². The van der Waals surface area contributed by atoms with E-state index in [0.717, 1.165) is 37.3 Å². The zero-order chi connectivity index (χ0) is 17.9. The summed E-state index contributed by atoms with van der Waals surface area (Å²) in [5, 5.41) is 13.8.